The number of nitrogens with two attached hydrogens (primary N) is 1. The van der Waals surface area contributed by atoms with Crippen LogP contribution in [0.1, 0.15) is 54.3 Å². The maximum atomic E-state index is 13.7. The van der Waals surface area contributed by atoms with Gasteiger partial charge in [0.2, 0.25) is 5.91 Å². The predicted octanol–water partition coefficient (Wildman–Crippen LogP) is 1.37. The first kappa shape index (κ1) is 27.3. The van der Waals surface area contributed by atoms with E-state index >= 15 is 0 Å². The Hall–Kier alpha value is -3.24. The van der Waals surface area contributed by atoms with Crippen LogP contribution in [0.3, 0.4) is 0 Å². The molecule has 1 amide bonds. The molecular weight excluding hydrogens is 516 g/mol. The summed E-state index contributed by atoms with van der Waals surface area (Å²) < 4.78 is 0. The molecule has 1 aliphatic carbocycles. The maximum Gasteiger partial charge on any atom is 0.236 e. The summed E-state index contributed by atoms with van der Waals surface area (Å²) in [6, 6.07) is 6.00. The molecule has 4 heterocycles. The summed E-state index contributed by atoms with van der Waals surface area (Å²) in [5.41, 5.74) is 7.44. The largest absolute Gasteiger partial charge is 0.389 e. The molecular formula is C27H36N8O3S. The highest BCUT2D eigenvalue weighted by Crippen LogP contribution is 2.45. The van der Waals surface area contributed by atoms with Gasteiger partial charge < -0.3 is 36.0 Å². The monoisotopic (exact) mass is 552 g/mol. The molecule has 5 rings (SSSR count). The lowest BCUT2D eigenvalue weighted by molar-refractivity contribution is -0.172. The summed E-state index contributed by atoms with van der Waals surface area (Å²) in [5, 5.41) is 41.9. The molecule has 0 bridgehead atoms. The number of carbonyl (C=O) groups excluding carboxylic acids is 1. The lowest BCUT2D eigenvalue weighted by Gasteiger charge is -2.37. The summed E-state index contributed by atoms with van der Waals surface area (Å²) in [5.74, 6) is -1.50. The van der Waals surface area contributed by atoms with Crippen LogP contribution in [0.2, 0.25) is 0 Å². The molecule has 208 valence electrons. The van der Waals surface area contributed by atoms with E-state index in [0.717, 1.165) is 49.6 Å². The standard InChI is InChI=1S/C27H36N8O3S/c1-26(5-3-4-20-22(26)18(16-28)24(30)39-20)25(36)32-23(29)19-14-17(34-12-10-33(2)11-13-34)15-21(31-19)35-8-6-27(37,38)7-9-35/h14-15,37-38H,3-13,30H2,1-2H3,(H2,29,32,36). The molecule has 2 aromatic rings. The number of piperazine rings is 1. The quantitative estimate of drug-likeness (QED) is 0.214. The number of amides is 1. The zero-order valence-electron chi connectivity index (χ0n) is 22.5. The number of amidine groups is 1. The van der Waals surface area contributed by atoms with E-state index in [1.54, 1.807) is 0 Å². The number of anilines is 3. The number of nitrogens with zero attached hydrogens (tertiary/aromatic N) is 5. The second-order valence-corrected chi connectivity index (χ2v) is 12.2. The Labute approximate surface area is 232 Å². The number of nitriles is 1. The van der Waals surface area contributed by atoms with Crippen LogP contribution < -0.4 is 20.9 Å². The van der Waals surface area contributed by atoms with Crippen LogP contribution in [-0.4, -0.2) is 83.9 Å². The number of nitrogens with one attached hydrogen (secondary N) is 2. The van der Waals surface area contributed by atoms with Gasteiger partial charge in [0, 0.05) is 74.3 Å². The van der Waals surface area contributed by atoms with Crippen molar-refractivity contribution in [3.63, 3.8) is 0 Å². The van der Waals surface area contributed by atoms with Gasteiger partial charge in [-0.15, -0.1) is 11.3 Å². The van der Waals surface area contributed by atoms with Gasteiger partial charge in [-0.05, 0) is 39.3 Å². The summed E-state index contributed by atoms with van der Waals surface area (Å²) in [4.78, 5) is 25.9. The van der Waals surface area contributed by atoms with Crippen LogP contribution in [0.15, 0.2) is 12.1 Å². The number of hydrogen-bond donors (Lipinski definition) is 5. The van der Waals surface area contributed by atoms with Gasteiger partial charge in [-0.2, -0.15) is 5.26 Å². The number of pyridine rings is 1. The van der Waals surface area contributed by atoms with Crippen molar-refractivity contribution in [1.82, 2.24) is 15.2 Å². The van der Waals surface area contributed by atoms with Gasteiger partial charge in [-0.1, -0.05) is 0 Å². The molecule has 12 heteroatoms. The van der Waals surface area contributed by atoms with E-state index in [2.05, 4.69) is 28.2 Å². The van der Waals surface area contributed by atoms with E-state index in [-0.39, 0.29) is 24.6 Å². The minimum Gasteiger partial charge on any atom is -0.389 e. The third-order valence-electron chi connectivity index (χ3n) is 8.30. The van der Waals surface area contributed by atoms with Crippen molar-refractivity contribution in [2.45, 2.75) is 50.2 Å². The Balaban J connectivity index is 1.44. The molecule has 2 fully saturated rings. The Bertz CT molecular complexity index is 1320. The van der Waals surface area contributed by atoms with E-state index in [1.807, 2.05) is 24.0 Å². The molecule has 2 saturated heterocycles. The number of rotatable bonds is 4. The van der Waals surface area contributed by atoms with Crippen molar-refractivity contribution in [3.8, 4) is 6.07 Å². The van der Waals surface area contributed by atoms with Crippen LogP contribution in [-0.2, 0) is 16.6 Å². The molecule has 2 aliphatic heterocycles. The van der Waals surface area contributed by atoms with Crippen molar-refractivity contribution in [2.24, 2.45) is 0 Å². The average Bonchev–Trinajstić information content (AvgIpc) is 3.25. The molecule has 1 atom stereocenters. The fraction of sp³-hybridized carbons (Fsp3) is 0.556. The molecule has 11 nitrogen and oxygen atoms in total. The number of hydrogen-bond acceptors (Lipinski definition) is 11. The lowest BCUT2D eigenvalue weighted by atomic mass is 9.72. The molecule has 2 aromatic heterocycles. The topological polar surface area (TPSA) is 166 Å². The van der Waals surface area contributed by atoms with Gasteiger partial charge >= 0.3 is 0 Å². The molecule has 1 unspecified atom stereocenters. The van der Waals surface area contributed by atoms with E-state index in [1.165, 1.54) is 11.3 Å². The minimum absolute atomic E-state index is 0.108. The van der Waals surface area contributed by atoms with Gasteiger partial charge in [0.25, 0.3) is 0 Å². The van der Waals surface area contributed by atoms with E-state index in [9.17, 15) is 20.3 Å². The number of aliphatic hydroxyl groups is 2. The third kappa shape index (κ3) is 5.32. The van der Waals surface area contributed by atoms with Crippen LogP contribution in [0.5, 0.6) is 0 Å². The van der Waals surface area contributed by atoms with Gasteiger partial charge in [-0.3, -0.25) is 10.2 Å². The average molecular weight is 553 g/mol. The normalized spacial score (nSPS) is 23.2. The molecule has 3 aliphatic rings. The Morgan fingerprint density at radius 2 is 1.85 bits per heavy atom. The molecule has 0 saturated carbocycles. The zero-order valence-corrected chi connectivity index (χ0v) is 23.3. The second-order valence-electron chi connectivity index (χ2n) is 11.1. The Morgan fingerprint density at radius 3 is 2.51 bits per heavy atom. The van der Waals surface area contributed by atoms with Crippen molar-refractivity contribution >= 4 is 39.6 Å². The number of piperidine rings is 1. The summed E-state index contributed by atoms with van der Waals surface area (Å²) in [6.45, 7) is 6.14. The Morgan fingerprint density at radius 1 is 1.15 bits per heavy atom. The van der Waals surface area contributed by atoms with E-state index in [0.29, 0.717) is 47.2 Å². The Kier molecular flexibility index (Phi) is 7.28. The number of fused-ring (bicyclic) bond motifs is 1. The van der Waals surface area contributed by atoms with E-state index in [4.69, 9.17) is 16.1 Å². The van der Waals surface area contributed by atoms with Crippen molar-refractivity contribution in [2.75, 3.05) is 61.8 Å². The SMILES string of the molecule is CN1CCN(c2cc(C(=N)NC(=O)C3(C)CCCc4sc(N)c(C#N)c43)nc(N3CCC(O)(O)CC3)c2)CC1. The number of carbonyl (C=O) groups is 1. The first-order valence-corrected chi connectivity index (χ1v) is 14.2. The number of aryl methyl sites for hydroxylation is 1. The van der Waals surface area contributed by atoms with Gasteiger partial charge in [0.05, 0.1) is 11.0 Å². The summed E-state index contributed by atoms with van der Waals surface area (Å²) >= 11 is 1.37. The summed E-state index contributed by atoms with van der Waals surface area (Å²) in [7, 11) is 2.09. The van der Waals surface area contributed by atoms with Crippen molar-refractivity contribution in [1.29, 1.82) is 10.7 Å². The van der Waals surface area contributed by atoms with Crippen LogP contribution in [0, 0.1) is 16.7 Å². The van der Waals surface area contributed by atoms with Crippen molar-refractivity contribution in [3.05, 3.63) is 33.8 Å². The molecule has 0 aromatic carbocycles. The van der Waals surface area contributed by atoms with Crippen LogP contribution in [0.4, 0.5) is 16.5 Å². The molecule has 0 spiro atoms. The lowest BCUT2D eigenvalue weighted by Crippen LogP contribution is -2.47. The highest BCUT2D eigenvalue weighted by molar-refractivity contribution is 7.16. The number of thiophene rings is 1. The second kappa shape index (κ2) is 10.4. The van der Waals surface area contributed by atoms with E-state index < -0.39 is 11.2 Å². The molecule has 0 radical (unpaired) electrons. The van der Waals surface area contributed by atoms with Crippen LogP contribution in [0.25, 0.3) is 0 Å². The number of likely N-dealkylation sites (N-methyl/N-ethyl adjacent to an activating group) is 1. The van der Waals surface area contributed by atoms with Gasteiger partial charge in [0.1, 0.15) is 22.6 Å². The first-order valence-electron chi connectivity index (χ1n) is 13.4. The highest BCUT2D eigenvalue weighted by atomic mass is 32.1. The van der Waals surface area contributed by atoms with Gasteiger partial charge in [-0.25, -0.2) is 4.98 Å². The number of aromatic nitrogens is 1. The predicted molar refractivity (Wildman–Crippen MR) is 151 cm³/mol. The first-order chi connectivity index (χ1) is 18.5. The van der Waals surface area contributed by atoms with Gasteiger partial charge in [0.15, 0.2) is 11.6 Å². The fourth-order valence-electron chi connectivity index (χ4n) is 5.77. The third-order valence-corrected chi connectivity index (χ3v) is 9.38. The number of nitrogen functional groups attached to an aromatic ring is 1. The smallest absolute Gasteiger partial charge is 0.236 e. The minimum atomic E-state index is -1.68. The molecule has 6 N–H and O–H groups in total. The molecule has 39 heavy (non-hydrogen) atoms. The highest BCUT2D eigenvalue weighted by Gasteiger charge is 2.43. The van der Waals surface area contributed by atoms with Crippen molar-refractivity contribution < 1.29 is 15.0 Å². The van der Waals surface area contributed by atoms with Crippen LogP contribution >= 0.6 is 11.3 Å². The zero-order chi connectivity index (χ0) is 27.9. The maximum absolute atomic E-state index is 13.7. The summed E-state index contributed by atoms with van der Waals surface area (Å²) in [6.07, 6.45) is 2.53. The fourth-order valence-corrected chi connectivity index (χ4v) is 6.96.